The van der Waals surface area contributed by atoms with Crippen molar-refractivity contribution in [3.63, 3.8) is 0 Å². The van der Waals surface area contributed by atoms with Gasteiger partial charge in [-0.15, -0.1) is 0 Å². The van der Waals surface area contributed by atoms with E-state index in [1.807, 2.05) is 66.7 Å². The quantitative estimate of drug-likeness (QED) is 0.609. The summed E-state index contributed by atoms with van der Waals surface area (Å²) < 4.78 is 11.5. The molecule has 0 saturated carbocycles. The van der Waals surface area contributed by atoms with Crippen molar-refractivity contribution in [3.8, 4) is 17.2 Å². The lowest BCUT2D eigenvalue weighted by molar-refractivity contribution is -0.122. The number of carbonyl (C=O) groups is 1. The second kappa shape index (κ2) is 8.90. The summed E-state index contributed by atoms with van der Waals surface area (Å²) in [6.45, 7) is 3.83. The minimum atomic E-state index is -0.599. The van der Waals surface area contributed by atoms with Gasteiger partial charge in [-0.3, -0.25) is 4.79 Å². The van der Waals surface area contributed by atoms with E-state index in [0.29, 0.717) is 17.2 Å². The molecular weight excluding hydrogens is 338 g/mol. The lowest BCUT2D eigenvalue weighted by Crippen LogP contribution is -2.30. The summed E-state index contributed by atoms with van der Waals surface area (Å²) >= 11 is 0. The fourth-order valence-electron chi connectivity index (χ4n) is 2.54. The number of anilines is 1. The number of carbonyl (C=O) groups excluding carboxylic acids is 1. The van der Waals surface area contributed by atoms with Crippen LogP contribution in [0.4, 0.5) is 5.69 Å². The summed E-state index contributed by atoms with van der Waals surface area (Å²) in [4.78, 5) is 12.3. The van der Waals surface area contributed by atoms with Crippen molar-refractivity contribution in [1.82, 2.24) is 0 Å². The monoisotopic (exact) mass is 361 g/mol. The minimum absolute atomic E-state index is 0.203. The van der Waals surface area contributed by atoms with Gasteiger partial charge in [-0.05, 0) is 67.4 Å². The Bertz CT molecular complexity index is 858. The second-order valence-corrected chi connectivity index (χ2v) is 6.19. The molecule has 0 saturated heterocycles. The van der Waals surface area contributed by atoms with Crippen LogP contribution in [0.25, 0.3) is 0 Å². The molecule has 1 atom stereocenters. The Morgan fingerprint density at radius 1 is 0.852 bits per heavy atom. The lowest BCUT2D eigenvalue weighted by Gasteiger charge is -2.15. The van der Waals surface area contributed by atoms with Gasteiger partial charge in [0.2, 0.25) is 0 Å². The van der Waals surface area contributed by atoms with E-state index in [1.165, 1.54) is 5.56 Å². The summed E-state index contributed by atoms with van der Waals surface area (Å²) in [5.41, 5.74) is 1.93. The number of hydrogen-bond acceptors (Lipinski definition) is 3. The highest BCUT2D eigenvalue weighted by Crippen LogP contribution is 2.23. The van der Waals surface area contributed by atoms with Gasteiger partial charge in [0, 0.05) is 5.69 Å². The third-order valence-electron chi connectivity index (χ3n) is 4.11. The molecule has 3 aromatic carbocycles. The van der Waals surface area contributed by atoms with Crippen LogP contribution in [0.1, 0.15) is 19.4 Å². The molecule has 4 nitrogen and oxygen atoms in total. The molecule has 1 amide bonds. The normalized spacial score (nSPS) is 11.5. The maximum Gasteiger partial charge on any atom is 0.265 e. The van der Waals surface area contributed by atoms with Crippen LogP contribution < -0.4 is 14.8 Å². The Labute approximate surface area is 159 Å². The molecule has 3 aromatic rings. The van der Waals surface area contributed by atoms with E-state index in [2.05, 4.69) is 12.2 Å². The second-order valence-electron chi connectivity index (χ2n) is 6.19. The molecule has 0 fully saturated rings. The Morgan fingerprint density at radius 3 is 2.07 bits per heavy atom. The van der Waals surface area contributed by atoms with E-state index in [4.69, 9.17) is 9.47 Å². The molecule has 0 aromatic heterocycles. The molecule has 0 radical (unpaired) electrons. The van der Waals surface area contributed by atoms with Gasteiger partial charge >= 0.3 is 0 Å². The SMILES string of the molecule is CCc1ccc(OC(C)C(=O)Nc2ccc(Oc3ccccc3)cc2)cc1. The summed E-state index contributed by atoms with van der Waals surface area (Å²) in [5.74, 6) is 1.96. The largest absolute Gasteiger partial charge is 0.481 e. The van der Waals surface area contributed by atoms with Gasteiger partial charge < -0.3 is 14.8 Å². The first kappa shape index (κ1) is 18.5. The van der Waals surface area contributed by atoms with Gasteiger partial charge in [-0.1, -0.05) is 37.3 Å². The highest BCUT2D eigenvalue weighted by atomic mass is 16.5. The molecule has 0 bridgehead atoms. The number of ether oxygens (including phenoxy) is 2. The maximum absolute atomic E-state index is 12.3. The van der Waals surface area contributed by atoms with Gasteiger partial charge in [-0.25, -0.2) is 0 Å². The van der Waals surface area contributed by atoms with Gasteiger partial charge in [0.25, 0.3) is 5.91 Å². The fraction of sp³-hybridized carbons (Fsp3) is 0.174. The Morgan fingerprint density at radius 2 is 1.44 bits per heavy atom. The van der Waals surface area contributed by atoms with E-state index in [9.17, 15) is 4.79 Å². The number of para-hydroxylation sites is 1. The molecular formula is C23H23NO3. The van der Waals surface area contributed by atoms with Crippen LogP contribution in [0, 0.1) is 0 Å². The van der Waals surface area contributed by atoms with E-state index < -0.39 is 6.10 Å². The van der Waals surface area contributed by atoms with E-state index in [0.717, 1.165) is 12.2 Å². The number of aryl methyl sites for hydroxylation is 1. The lowest BCUT2D eigenvalue weighted by atomic mass is 10.2. The molecule has 138 valence electrons. The van der Waals surface area contributed by atoms with Crippen LogP contribution >= 0.6 is 0 Å². The van der Waals surface area contributed by atoms with Crippen molar-refractivity contribution in [2.24, 2.45) is 0 Å². The van der Waals surface area contributed by atoms with E-state index in [1.54, 1.807) is 19.1 Å². The first-order valence-electron chi connectivity index (χ1n) is 9.03. The minimum Gasteiger partial charge on any atom is -0.481 e. The molecule has 4 heteroatoms. The molecule has 1 N–H and O–H groups in total. The zero-order valence-electron chi connectivity index (χ0n) is 15.5. The summed E-state index contributed by atoms with van der Waals surface area (Å²) in [6.07, 6.45) is 0.373. The topological polar surface area (TPSA) is 47.6 Å². The Kier molecular flexibility index (Phi) is 6.10. The number of hydrogen-bond donors (Lipinski definition) is 1. The van der Waals surface area contributed by atoms with Crippen LogP contribution in [0.15, 0.2) is 78.9 Å². The predicted octanol–water partition coefficient (Wildman–Crippen LogP) is 5.45. The summed E-state index contributed by atoms with van der Waals surface area (Å²) in [5, 5.41) is 2.86. The van der Waals surface area contributed by atoms with E-state index in [-0.39, 0.29) is 5.91 Å². The summed E-state index contributed by atoms with van der Waals surface area (Å²) in [7, 11) is 0. The van der Waals surface area contributed by atoms with Crippen molar-refractivity contribution in [1.29, 1.82) is 0 Å². The maximum atomic E-state index is 12.3. The first-order valence-corrected chi connectivity index (χ1v) is 9.03. The molecule has 0 heterocycles. The van der Waals surface area contributed by atoms with Crippen molar-refractivity contribution in [2.75, 3.05) is 5.32 Å². The molecule has 0 aliphatic carbocycles. The van der Waals surface area contributed by atoms with Crippen LogP contribution in [0.5, 0.6) is 17.2 Å². The molecule has 1 unspecified atom stereocenters. The highest BCUT2D eigenvalue weighted by Gasteiger charge is 2.15. The van der Waals surface area contributed by atoms with Gasteiger partial charge in [-0.2, -0.15) is 0 Å². The predicted molar refractivity (Wildman–Crippen MR) is 107 cm³/mol. The van der Waals surface area contributed by atoms with Crippen molar-refractivity contribution in [3.05, 3.63) is 84.4 Å². The average Bonchev–Trinajstić information content (AvgIpc) is 2.71. The molecule has 27 heavy (non-hydrogen) atoms. The van der Waals surface area contributed by atoms with Crippen LogP contribution in [-0.2, 0) is 11.2 Å². The summed E-state index contributed by atoms with van der Waals surface area (Å²) in [6, 6.07) is 24.6. The molecule has 0 aliphatic heterocycles. The zero-order chi connectivity index (χ0) is 19.1. The molecule has 3 rings (SSSR count). The van der Waals surface area contributed by atoms with Crippen molar-refractivity contribution < 1.29 is 14.3 Å². The van der Waals surface area contributed by atoms with Gasteiger partial charge in [0.15, 0.2) is 6.10 Å². The number of benzene rings is 3. The van der Waals surface area contributed by atoms with E-state index >= 15 is 0 Å². The first-order chi connectivity index (χ1) is 13.1. The highest BCUT2D eigenvalue weighted by molar-refractivity contribution is 5.94. The standard InChI is InChI=1S/C23H23NO3/c1-3-18-9-13-21(14-10-18)26-17(2)23(25)24-19-11-15-22(16-12-19)27-20-7-5-4-6-8-20/h4-17H,3H2,1-2H3,(H,24,25). The third kappa shape index (κ3) is 5.35. The Hall–Kier alpha value is -3.27. The number of amides is 1. The number of nitrogens with one attached hydrogen (secondary N) is 1. The van der Waals surface area contributed by atoms with Crippen molar-refractivity contribution >= 4 is 11.6 Å². The average molecular weight is 361 g/mol. The van der Waals surface area contributed by atoms with Gasteiger partial charge in [0.05, 0.1) is 0 Å². The smallest absolute Gasteiger partial charge is 0.265 e. The van der Waals surface area contributed by atoms with Crippen LogP contribution in [-0.4, -0.2) is 12.0 Å². The number of rotatable bonds is 7. The zero-order valence-corrected chi connectivity index (χ0v) is 15.5. The fourth-order valence-corrected chi connectivity index (χ4v) is 2.54. The molecule has 0 aliphatic rings. The van der Waals surface area contributed by atoms with Crippen LogP contribution in [0.3, 0.4) is 0 Å². The van der Waals surface area contributed by atoms with Crippen molar-refractivity contribution in [2.45, 2.75) is 26.4 Å². The van der Waals surface area contributed by atoms with Gasteiger partial charge in [0.1, 0.15) is 17.2 Å². The molecule has 0 spiro atoms. The third-order valence-corrected chi connectivity index (χ3v) is 4.11. The van der Waals surface area contributed by atoms with Crippen LogP contribution in [0.2, 0.25) is 0 Å². The Balaban J connectivity index is 1.54.